The van der Waals surface area contributed by atoms with Crippen LogP contribution in [-0.2, 0) is 0 Å². The Hall–Kier alpha value is -1.03. The number of ketones is 1. The highest BCUT2D eigenvalue weighted by molar-refractivity contribution is 7.18. The molecule has 0 spiro atoms. The van der Waals surface area contributed by atoms with Crippen LogP contribution in [0.4, 0.5) is 10.7 Å². The second kappa shape index (κ2) is 5.54. The molecule has 94 valence electrons. The minimum atomic E-state index is 0.0569. The molecule has 0 bridgehead atoms. The number of nitrogens with two attached hydrogens (primary N) is 1. The molecule has 4 heteroatoms. The zero-order valence-corrected chi connectivity index (χ0v) is 11.1. The van der Waals surface area contributed by atoms with E-state index in [4.69, 9.17) is 5.73 Å². The Balaban J connectivity index is 2.02. The number of nitrogen functional groups attached to an aromatic ring is 1. The van der Waals surface area contributed by atoms with Gasteiger partial charge >= 0.3 is 0 Å². The lowest BCUT2D eigenvalue weighted by Gasteiger charge is -2.15. The Kier molecular flexibility index (Phi) is 4.05. The van der Waals surface area contributed by atoms with Crippen molar-refractivity contribution in [1.82, 2.24) is 0 Å². The Bertz CT molecular complexity index is 392. The van der Waals surface area contributed by atoms with Crippen LogP contribution in [0, 0.1) is 0 Å². The molecule has 1 aromatic heterocycles. The third-order valence-electron chi connectivity index (χ3n) is 3.28. The fourth-order valence-electron chi connectivity index (χ4n) is 2.38. The molecule has 1 fully saturated rings. The van der Waals surface area contributed by atoms with Gasteiger partial charge in [-0.1, -0.05) is 25.7 Å². The fraction of sp³-hybridized carbons (Fsp3) is 0.615. The maximum absolute atomic E-state index is 11.3. The Morgan fingerprint density at radius 1 is 1.35 bits per heavy atom. The van der Waals surface area contributed by atoms with Gasteiger partial charge in [0.15, 0.2) is 5.78 Å². The van der Waals surface area contributed by atoms with Crippen molar-refractivity contribution in [1.29, 1.82) is 0 Å². The molecule has 1 heterocycles. The van der Waals surface area contributed by atoms with Crippen LogP contribution in [0.1, 0.15) is 55.1 Å². The summed E-state index contributed by atoms with van der Waals surface area (Å²) in [7, 11) is 0. The second-order valence-electron chi connectivity index (χ2n) is 4.78. The first-order valence-corrected chi connectivity index (χ1v) is 7.15. The van der Waals surface area contributed by atoms with Crippen LogP contribution in [0.5, 0.6) is 0 Å². The van der Waals surface area contributed by atoms with Crippen molar-refractivity contribution in [2.45, 2.75) is 51.5 Å². The minimum absolute atomic E-state index is 0.0569. The Labute approximate surface area is 106 Å². The monoisotopic (exact) mass is 252 g/mol. The van der Waals surface area contributed by atoms with E-state index < -0.39 is 0 Å². The largest absolute Gasteiger partial charge is 0.397 e. The highest BCUT2D eigenvalue weighted by Crippen LogP contribution is 2.31. The molecule has 0 atom stereocenters. The molecule has 0 radical (unpaired) electrons. The first kappa shape index (κ1) is 12.4. The van der Waals surface area contributed by atoms with E-state index in [1.54, 1.807) is 6.92 Å². The zero-order chi connectivity index (χ0) is 12.3. The average Bonchev–Trinajstić information content (AvgIpc) is 2.50. The number of hydrogen-bond acceptors (Lipinski definition) is 4. The summed E-state index contributed by atoms with van der Waals surface area (Å²) in [6.07, 6.45) is 7.77. The van der Waals surface area contributed by atoms with Crippen molar-refractivity contribution in [3.8, 4) is 0 Å². The number of thiophene rings is 1. The van der Waals surface area contributed by atoms with Gasteiger partial charge in [0, 0.05) is 13.0 Å². The summed E-state index contributed by atoms with van der Waals surface area (Å²) in [6.45, 7) is 1.57. The quantitative estimate of drug-likeness (QED) is 0.637. The van der Waals surface area contributed by atoms with E-state index in [1.807, 2.05) is 6.07 Å². The summed E-state index contributed by atoms with van der Waals surface area (Å²) < 4.78 is 0. The van der Waals surface area contributed by atoms with Crippen LogP contribution < -0.4 is 11.1 Å². The molecule has 17 heavy (non-hydrogen) atoms. The SMILES string of the molecule is CC(=O)c1sc(NC2CCCCCC2)cc1N. The van der Waals surface area contributed by atoms with Gasteiger partial charge in [0.1, 0.15) is 0 Å². The van der Waals surface area contributed by atoms with Crippen molar-refractivity contribution in [2.75, 3.05) is 11.1 Å². The normalized spacial score (nSPS) is 17.7. The first-order valence-electron chi connectivity index (χ1n) is 6.33. The van der Waals surface area contributed by atoms with E-state index in [-0.39, 0.29) is 5.78 Å². The number of anilines is 2. The molecular formula is C13H20N2OS. The zero-order valence-electron chi connectivity index (χ0n) is 10.3. The fourth-order valence-corrected chi connectivity index (χ4v) is 3.33. The lowest BCUT2D eigenvalue weighted by atomic mass is 10.1. The maximum atomic E-state index is 11.3. The Morgan fingerprint density at radius 2 is 2.00 bits per heavy atom. The summed E-state index contributed by atoms with van der Waals surface area (Å²) in [5.41, 5.74) is 6.44. The molecular weight excluding hydrogens is 232 g/mol. The van der Waals surface area contributed by atoms with Gasteiger partial charge in [-0.25, -0.2) is 0 Å². The molecule has 3 nitrogen and oxygen atoms in total. The molecule has 1 aliphatic carbocycles. The van der Waals surface area contributed by atoms with Crippen LogP contribution in [0.3, 0.4) is 0 Å². The summed E-state index contributed by atoms with van der Waals surface area (Å²) in [4.78, 5) is 12.0. The van der Waals surface area contributed by atoms with Crippen molar-refractivity contribution < 1.29 is 4.79 Å². The second-order valence-corrected chi connectivity index (χ2v) is 5.84. The molecule has 0 amide bonds. The number of carbonyl (C=O) groups excluding carboxylic acids is 1. The number of hydrogen-bond donors (Lipinski definition) is 2. The van der Waals surface area contributed by atoms with Gasteiger partial charge in [0.25, 0.3) is 0 Å². The van der Waals surface area contributed by atoms with Gasteiger partial charge in [0.05, 0.1) is 15.6 Å². The standard InChI is InChI=1S/C13H20N2OS/c1-9(16)13-11(14)8-12(17-13)15-10-6-4-2-3-5-7-10/h8,10,15H,2-7,14H2,1H3. The van der Waals surface area contributed by atoms with Gasteiger partial charge in [-0.2, -0.15) is 0 Å². The predicted molar refractivity (Wildman–Crippen MR) is 73.8 cm³/mol. The first-order chi connectivity index (χ1) is 8.16. The molecule has 0 unspecified atom stereocenters. The number of rotatable bonds is 3. The smallest absolute Gasteiger partial charge is 0.171 e. The molecule has 1 aromatic rings. The van der Waals surface area contributed by atoms with Gasteiger partial charge in [-0.15, -0.1) is 11.3 Å². The number of nitrogens with one attached hydrogen (secondary N) is 1. The molecule has 3 N–H and O–H groups in total. The van der Waals surface area contributed by atoms with Gasteiger partial charge < -0.3 is 11.1 Å². The molecule has 0 aromatic carbocycles. The molecule has 0 aliphatic heterocycles. The number of carbonyl (C=O) groups is 1. The topological polar surface area (TPSA) is 55.1 Å². The van der Waals surface area contributed by atoms with E-state index in [0.29, 0.717) is 16.6 Å². The molecule has 2 rings (SSSR count). The van der Waals surface area contributed by atoms with E-state index in [2.05, 4.69) is 5.32 Å². The number of Topliss-reactive ketones (excluding diaryl/α,β-unsaturated/α-hetero) is 1. The van der Waals surface area contributed by atoms with Crippen LogP contribution in [0.15, 0.2) is 6.07 Å². The average molecular weight is 252 g/mol. The van der Waals surface area contributed by atoms with Gasteiger partial charge in [-0.05, 0) is 18.9 Å². The third-order valence-corrected chi connectivity index (χ3v) is 4.47. The van der Waals surface area contributed by atoms with Crippen molar-refractivity contribution in [3.05, 3.63) is 10.9 Å². The summed E-state index contributed by atoms with van der Waals surface area (Å²) in [5, 5.41) is 4.56. The highest BCUT2D eigenvalue weighted by Gasteiger charge is 2.15. The van der Waals surface area contributed by atoms with Crippen LogP contribution in [-0.4, -0.2) is 11.8 Å². The summed E-state index contributed by atoms with van der Waals surface area (Å²) >= 11 is 1.48. The van der Waals surface area contributed by atoms with Crippen molar-refractivity contribution >= 4 is 27.8 Å². The van der Waals surface area contributed by atoms with E-state index in [1.165, 1.54) is 49.9 Å². The van der Waals surface area contributed by atoms with Crippen molar-refractivity contribution in [2.24, 2.45) is 0 Å². The summed E-state index contributed by atoms with van der Waals surface area (Å²) in [5.74, 6) is 0.0569. The lowest BCUT2D eigenvalue weighted by molar-refractivity contribution is 0.102. The molecule has 1 saturated carbocycles. The van der Waals surface area contributed by atoms with E-state index in [0.717, 1.165) is 5.00 Å². The van der Waals surface area contributed by atoms with Crippen LogP contribution in [0.25, 0.3) is 0 Å². The van der Waals surface area contributed by atoms with Crippen molar-refractivity contribution in [3.63, 3.8) is 0 Å². The maximum Gasteiger partial charge on any atom is 0.171 e. The third kappa shape index (κ3) is 3.22. The lowest BCUT2D eigenvalue weighted by Crippen LogP contribution is -2.17. The highest BCUT2D eigenvalue weighted by atomic mass is 32.1. The minimum Gasteiger partial charge on any atom is -0.397 e. The Morgan fingerprint density at radius 3 is 2.53 bits per heavy atom. The van der Waals surface area contributed by atoms with Crippen LogP contribution in [0.2, 0.25) is 0 Å². The van der Waals surface area contributed by atoms with E-state index in [9.17, 15) is 4.79 Å². The van der Waals surface area contributed by atoms with Gasteiger partial charge in [-0.3, -0.25) is 4.79 Å². The predicted octanol–water partition coefficient (Wildman–Crippen LogP) is 3.67. The molecule has 1 aliphatic rings. The van der Waals surface area contributed by atoms with E-state index >= 15 is 0 Å². The van der Waals surface area contributed by atoms with Gasteiger partial charge in [0.2, 0.25) is 0 Å². The molecule has 0 saturated heterocycles. The summed E-state index contributed by atoms with van der Waals surface area (Å²) in [6, 6.07) is 2.45. The van der Waals surface area contributed by atoms with Crippen LogP contribution >= 0.6 is 11.3 Å².